The van der Waals surface area contributed by atoms with Crippen molar-refractivity contribution in [1.82, 2.24) is 9.97 Å². The lowest BCUT2D eigenvalue weighted by molar-refractivity contribution is 0.612. The van der Waals surface area contributed by atoms with Crippen molar-refractivity contribution in [2.45, 2.75) is 33.1 Å². The molecular formula is C15H20Cl2N2. The van der Waals surface area contributed by atoms with Gasteiger partial charge >= 0.3 is 0 Å². The third-order valence-corrected chi connectivity index (χ3v) is 3.77. The van der Waals surface area contributed by atoms with Crippen LogP contribution in [0.15, 0.2) is 24.3 Å². The zero-order valence-corrected chi connectivity index (χ0v) is 13.3. The SMILES string of the molecule is Cc1cccc(-c2nc(C(Cl)C(C)C)c(C)[nH]2)c1.Cl. The lowest BCUT2D eigenvalue weighted by atomic mass is 10.1. The van der Waals surface area contributed by atoms with E-state index in [0.717, 1.165) is 22.8 Å². The van der Waals surface area contributed by atoms with Crippen LogP contribution in [0.25, 0.3) is 11.4 Å². The molecule has 0 aliphatic carbocycles. The minimum Gasteiger partial charge on any atom is -0.342 e. The van der Waals surface area contributed by atoms with E-state index in [4.69, 9.17) is 11.6 Å². The Morgan fingerprint density at radius 1 is 1.21 bits per heavy atom. The summed E-state index contributed by atoms with van der Waals surface area (Å²) in [5.41, 5.74) is 4.36. The van der Waals surface area contributed by atoms with Gasteiger partial charge in [0.05, 0.1) is 11.1 Å². The fourth-order valence-electron chi connectivity index (χ4n) is 1.99. The predicted molar refractivity (Wildman–Crippen MR) is 84.2 cm³/mol. The van der Waals surface area contributed by atoms with Crippen LogP contribution in [0, 0.1) is 19.8 Å². The maximum absolute atomic E-state index is 6.40. The second-order valence-corrected chi connectivity index (χ2v) is 5.58. The predicted octanol–water partition coefficient (Wildman–Crippen LogP) is 5.05. The Hall–Kier alpha value is -0.990. The Morgan fingerprint density at radius 3 is 2.47 bits per heavy atom. The van der Waals surface area contributed by atoms with Crippen molar-refractivity contribution in [3.8, 4) is 11.4 Å². The summed E-state index contributed by atoms with van der Waals surface area (Å²) in [6, 6.07) is 8.32. The first-order valence-electron chi connectivity index (χ1n) is 6.26. The van der Waals surface area contributed by atoms with Gasteiger partial charge in [0.1, 0.15) is 5.82 Å². The molecule has 104 valence electrons. The Kier molecular flexibility index (Phi) is 5.45. The average molecular weight is 299 g/mol. The van der Waals surface area contributed by atoms with Gasteiger partial charge in [-0.3, -0.25) is 0 Å². The summed E-state index contributed by atoms with van der Waals surface area (Å²) in [6.45, 7) is 8.33. The molecule has 0 spiro atoms. The van der Waals surface area contributed by atoms with Crippen LogP contribution in [0.1, 0.15) is 36.2 Å². The van der Waals surface area contributed by atoms with Crippen LogP contribution >= 0.6 is 24.0 Å². The molecule has 0 saturated carbocycles. The lowest BCUT2D eigenvalue weighted by Crippen LogP contribution is -2.01. The summed E-state index contributed by atoms with van der Waals surface area (Å²) < 4.78 is 0. The molecule has 1 unspecified atom stereocenters. The highest BCUT2D eigenvalue weighted by molar-refractivity contribution is 6.20. The number of alkyl halides is 1. The van der Waals surface area contributed by atoms with Crippen molar-refractivity contribution in [3.05, 3.63) is 41.2 Å². The number of nitrogens with one attached hydrogen (secondary N) is 1. The third kappa shape index (κ3) is 3.52. The van der Waals surface area contributed by atoms with Crippen LogP contribution in [-0.4, -0.2) is 9.97 Å². The van der Waals surface area contributed by atoms with E-state index >= 15 is 0 Å². The summed E-state index contributed by atoms with van der Waals surface area (Å²) in [7, 11) is 0. The smallest absolute Gasteiger partial charge is 0.137 e. The molecule has 1 aromatic heterocycles. The van der Waals surface area contributed by atoms with Crippen molar-refractivity contribution < 1.29 is 0 Å². The molecule has 0 saturated heterocycles. The fourth-order valence-corrected chi connectivity index (χ4v) is 2.20. The highest BCUT2D eigenvalue weighted by Crippen LogP contribution is 2.31. The number of benzene rings is 1. The van der Waals surface area contributed by atoms with Crippen molar-refractivity contribution in [3.63, 3.8) is 0 Å². The summed E-state index contributed by atoms with van der Waals surface area (Å²) in [5, 5.41) is -0.0418. The Morgan fingerprint density at radius 2 is 1.89 bits per heavy atom. The molecule has 2 nitrogen and oxygen atoms in total. The van der Waals surface area contributed by atoms with Gasteiger partial charge in [-0.2, -0.15) is 0 Å². The molecular weight excluding hydrogens is 279 g/mol. The maximum Gasteiger partial charge on any atom is 0.137 e. The van der Waals surface area contributed by atoms with Gasteiger partial charge in [-0.25, -0.2) is 4.98 Å². The highest BCUT2D eigenvalue weighted by atomic mass is 35.5. The van der Waals surface area contributed by atoms with E-state index in [0.29, 0.717) is 5.92 Å². The normalized spacial score (nSPS) is 12.3. The molecule has 1 atom stereocenters. The first-order valence-corrected chi connectivity index (χ1v) is 6.70. The van der Waals surface area contributed by atoms with E-state index in [9.17, 15) is 0 Å². The topological polar surface area (TPSA) is 28.7 Å². The number of rotatable bonds is 3. The molecule has 4 heteroatoms. The van der Waals surface area contributed by atoms with Crippen LogP contribution in [0.3, 0.4) is 0 Å². The van der Waals surface area contributed by atoms with Gasteiger partial charge in [0, 0.05) is 11.3 Å². The molecule has 0 aliphatic heterocycles. The van der Waals surface area contributed by atoms with Crippen LogP contribution in [0.4, 0.5) is 0 Å². The van der Waals surface area contributed by atoms with Gasteiger partial charge in [-0.05, 0) is 25.8 Å². The van der Waals surface area contributed by atoms with E-state index < -0.39 is 0 Å². The van der Waals surface area contributed by atoms with E-state index in [1.165, 1.54) is 5.56 Å². The average Bonchev–Trinajstić information content (AvgIpc) is 2.70. The number of aryl methyl sites for hydroxylation is 2. The molecule has 1 aromatic carbocycles. The van der Waals surface area contributed by atoms with Crippen LogP contribution < -0.4 is 0 Å². The first-order chi connectivity index (χ1) is 8.49. The summed E-state index contributed by atoms with van der Waals surface area (Å²) in [5.74, 6) is 1.27. The Labute approximate surface area is 126 Å². The number of halogens is 2. The standard InChI is InChI=1S/C15H19ClN2.ClH/c1-9(2)13(16)14-11(4)17-15(18-14)12-7-5-6-10(3)8-12;/h5-9,13H,1-4H3,(H,17,18);1H. The van der Waals surface area contributed by atoms with Crippen LogP contribution in [-0.2, 0) is 0 Å². The quantitative estimate of drug-likeness (QED) is 0.789. The molecule has 0 radical (unpaired) electrons. The summed E-state index contributed by atoms with van der Waals surface area (Å²) >= 11 is 6.40. The monoisotopic (exact) mass is 298 g/mol. The largest absolute Gasteiger partial charge is 0.342 e. The number of imidazole rings is 1. The van der Waals surface area contributed by atoms with E-state index in [1.807, 2.05) is 13.0 Å². The number of aromatic nitrogens is 2. The Balaban J connectivity index is 0.00000180. The molecule has 2 aromatic rings. The molecule has 0 aliphatic rings. The van der Waals surface area contributed by atoms with Gasteiger partial charge in [0.2, 0.25) is 0 Å². The minimum absolute atomic E-state index is 0. The van der Waals surface area contributed by atoms with Gasteiger partial charge in [0.15, 0.2) is 0 Å². The second-order valence-electron chi connectivity index (χ2n) is 5.11. The second kappa shape index (κ2) is 6.44. The Bertz CT molecular complexity index is 547. The van der Waals surface area contributed by atoms with Gasteiger partial charge in [0.25, 0.3) is 0 Å². The molecule has 0 amide bonds. The van der Waals surface area contributed by atoms with E-state index in [1.54, 1.807) is 0 Å². The van der Waals surface area contributed by atoms with Gasteiger partial charge < -0.3 is 4.98 Å². The molecule has 0 fully saturated rings. The number of hydrogen-bond donors (Lipinski definition) is 1. The van der Waals surface area contributed by atoms with E-state index in [2.05, 4.69) is 48.9 Å². The van der Waals surface area contributed by atoms with Crippen LogP contribution in [0.2, 0.25) is 0 Å². The van der Waals surface area contributed by atoms with Crippen molar-refractivity contribution in [2.24, 2.45) is 5.92 Å². The lowest BCUT2D eigenvalue weighted by Gasteiger charge is -2.10. The number of aromatic amines is 1. The third-order valence-electron chi connectivity index (χ3n) is 3.06. The number of nitrogens with zero attached hydrogens (tertiary/aromatic N) is 1. The summed E-state index contributed by atoms with van der Waals surface area (Å²) in [4.78, 5) is 7.98. The molecule has 1 heterocycles. The number of H-pyrrole nitrogens is 1. The van der Waals surface area contributed by atoms with Gasteiger partial charge in [-0.1, -0.05) is 37.6 Å². The van der Waals surface area contributed by atoms with Crippen molar-refractivity contribution in [1.29, 1.82) is 0 Å². The van der Waals surface area contributed by atoms with Crippen molar-refractivity contribution >= 4 is 24.0 Å². The first kappa shape index (κ1) is 16.1. The number of hydrogen-bond acceptors (Lipinski definition) is 1. The fraction of sp³-hybridized carbons (Fsp3) is 0.400. The zero-order chi connectivity index (χ0) is 13.3. The van der Waals surface area contributed by atoms with E-state index in [-0.39, 0.29) is 17.8 Å². The minimum atomic E-state index is -0.0418. The molecule has 0 bridgehead atoms. The highest BCUT2D eigenvalue weighted by Gasteiger charge is 2.19. The van der Waals surface area contributed by atoms with Crippen LogP contribution in [0.5, 0.6) is 0 Å². The summed E-state index contributed by atoms with van der Waals surface area (Å²) in [6.07, 6.45) is 0. The maximum atomic E-state index is 6.40. The zero-order valence-electron chi connectivity index (χ0n) is 11.7. The van der Waals surface area contributed by atoms with Crippen molar-refractivity contribution in [2.75, 3.05) is 0 Å². The molecule has 19 heavy (non-hydrogen) atoms. The molecule has 2 rings (SSSR count). The van der Waals surface area contributed by atoms with Gasteiger partial charge in [-0.15, -0.1) is 24.0 Å². The molecule has 1 N–H and O–H groups in total.